The Bertz CT molecular complexity index is 942. The van der Waals surface area contributed by atoms with Gasteiger partial charge in [0.2, 0.25) is 5.91 Å². The third kappa shape index (κ3) is 4.45. The summed E-state index contributed by atoms with van der Waals surface area (Å²) in [6.45, 7) is 8.51. The van der Waals surface area contributed by atoms with Gasteiger partial charge in [-0.2, -0.15) is 5.10 Å². The second kappa shape index (κ2) is 9.53. The van der Waals surface area contributed by atoms with Crippen LogP contribution in [0.25, 0.3) is 0 Å². The molecule has 0 spiro atoms. The molecule has 1 amide bonds. The maximum atomic E-state index is 12.2. The normalized spacial score (nSPS) is 22.9. The van der Waals surface area contributed by atoms with Crippen LogP contribution >= 0.6 is 11.6 Å². The smallest absolute Gasteiger partial charge is 0.246 e. The van der Waals surface area contributed by atoms with Crippen LogP contribution in [0, 0.1) is 0 Å². The van der Waals surface area contributed by atoms with Crippen LogP contribution < -0.4 is 10.5 Å². The third-order valence-electron chi connectivity index (χ3n) is 5.60. The second-order valence-corrected chi connectivity index (χ2v) is 8.16. The highest BCUT2D eigenvalue weighted by Gasteiger charge is 2.41. The number of carbonyl (C=O) groups excluding carboxylic acids is 1. The van der Waals surface area contributed by atoms with Crippen molar-refractivity contribution in [2.45, 2.75) is 25.0 Å². The SMILES string of the molecule is C=CC(=O)N1CCC[C@@H](N2N=C(c3ccc(OC)c(Cl)c3)/C(=C(\N)N=C)C2N(C)C)C1. The van der Waals surface area contributed by atoms with E-state index >= 15 is 0 Å². The van der Waals surface area contributed by atoms with Crippen LogP contribution in [-0.2, 0) is 4.79 Å². The molecule has 0 aromatic heterocycles. The second-order valence-electron chi connectivity index (χ2n) is 7.76. The van der Waals surface area contributed by atoms with Crippen LogP contribution in [0.5, 0.6) is 5.75 Å². The Morgan fingerprint density at radius 2 is 2.19 bits per heavy atom. The van der Waals surface area contributed by atoms with Gasteiger partial charge in [-0.25, -0.2) is 4.99 Å². The van der Waals surface area contributed by atoms with E-state index in [0.29, 0.717) is 35.4 Å². The highest BCUT2D eigenvalue weighted by Crippen LogP contribution is 2.34. The predicted molar refractivity (Wildman–Crippen MR) is 124 cm³/mol. The number of methoxy groups -OCH3 is 1. The number of nitrogens with zero attached hydrogens (tertiary/aromatic N) is 5. The maximum Gasteiger partial charge on any atom is 0.246 e. The topological polar surface area (TPSA) is 86.8 Å². The van der Waals surface area contributed by atoms with Crippen molar-refractivity contribution < 1.29 is 9.53 Å². The number of likely N-dealkylation sites (tertiary alicyclic amines) is 1. The highest BCUT2D eigenvalue weighted by atomic mass is 35.5. The monoisotopic (exact) mass is 444 g/mol. The molecule has 3 rings (SSSR count). The predicted octanol–water partition coefficient (Wildman–Crippen LogP) is 2.30. The van der Waals surface area contributed by atoms with E-state index in [1.54, 1.807) is 19.2 Å². The molecular weight excluding hydrogens is 416 g/mol. The van der Waals surface area contributed by atoms with Crippen molar-refractivity contribution in [3.05, 3.63) is 52.8 Å². The molecular formula is C22H29ClN6O2. The molecule has 0 radical (unpaired) electrons. The lowest BCUT2D eigenvalue weighted by atomic mass is 9.99. The minimum atomic E-state index is -0.259. The Labute approximate surface area is 188 Å². The van der Waals surface area contributed by atoms with Gasteiger partial charge in [0.15, 0.2) is 0 Å². The molecule has 2 heterocycles. The number of hydrogen-bond donors (Lipinski definition) is 1. The summed E-state index contributed by atoms with van der Waals surface area (Å²) in [7, 11) is 5.49. The summed E-state index contributed by atoms with van der Waals surface area (Å²) in [5, 5.41) is 7.47. The Morgan fingerprint density at radius 3 is 2.77 bits per heavy atom. The first-order valence-corrected chi connectivity index (χ1v) is 10.5. The van der Waals surface area contributed by atoms with Crippen molar-refractivity contribution in [2.75, 3.05) is 34.3 Å². The van der Waals surface area contributed by atoms with E-state index in [-0.39, 0.29) is 18.1 Å². The van der Waals surface area contributed by atoms with Gasteiger partial charge in [0.1, 0.15) is 23.4 Å². The summed E-state index contributed by atoms with van der Waals surface area (Å²) >= 11 is 6.38. The number of carbonyl (C=O) groups is 1. The number of aliphatic imine (C=N–C) groups is 1. The Balaban J connectivity index is 2.07. The summed E-state index contributed by atoms with van der Waals surface area (Å²) in [5.74, 6) is 0.817. The number of hydrazone groups is 1. The fourth-order valence-corrected chi connectivity index (χ4v) is 4.38. The molecule has 1 fully saturated rings. The van der Waals surface area contributed by atoms with Gasteiger partial charge in [0, 0.05) is 18.7 Å². The minimum absolute atomic E-state index is 0.0175. The number of benzene rings is 1. The van der Waals surface area contributed by atoms with E-state index in [1.165, 1.54) is 6.08 Å². The Hall–Kier alpha value is -2.84. The fourth-order valence-electron chi connectivity index (χ4n) is 4.12. The quantitative estimate of drug-likeness (QED) is 0.537. The number of piperidine rings is 1. The number of ether oxygens (including phenoxy) is 1. The Kier molecular flexibility index (Phi) is 7.02. The number of nitrogens with two attached hydrogens (primary N) is 1. The molecule has 2 aliphatic rings. The summed E-state index contributed by atoms with van der Waals surface area (Å²) in [6.07, 6.45) is 2.88. The molecule has 2 atom stereocenters. The van der Waals surface area contributed by atoms with Gasteiger partial charge in [0.05, 0.1) is 23.7 Å². The van der Waals surface area contributed by atoms with Crippen molar-refractivity contribution >= 4 is 29.9 Å². The molecule has 0 aliphatic carbocycles. The van der Waals surface area contributed by atoms with E-state index in [2.05, 4.69) is 18.3 Å². The molecule has 1 saturated heterocycles. The molecule has 31 heavy (non-hydrogen) atoms. The van der Waals surface area contributed by atoms with Crippen LogP contribution in [0.15, 0.2) is 52.3 Å². The van der Waals surface area contributed by atoms with Crippen LogP contribution in [0.4, 0.5) is 0 Å². The summed E-state index contributed by atoms with van der Waals surface area (Å²) < 4.78 is 5.28. The zero-order valence-corrected chi connectivity index (χ0v) is 19.0. The average Bonchev–Trinajstić information content (AvgIpc) is 3.19. The zero-order chi connectivity index (χ0) is 22.7. The van der Waals surface area contributed by atoms with Crippen molar-refractivity contribution in [1.82, 2.24) is 14.8 Å². The summed E-state index contributed by atoms with van der Waals surface area (Å²) in [5.41, 5.74) is 8.54. The number of rotatable bonds is 6. The molecule has 2 aliphatic heterocycles. The molecule has 166 valence electrons. The molecule has 9 heteroatoms. The van der Waals surface area contributed by atoms with E-state index in [1.807, 2.05) is 35.0 Å². The first-order valence-electron chi connectivity index (χ1n) is 10.1. The molecule has 0 bridgehead atoms. The van der Waals surface area contributed by atoms with Crippen LogP contribution in [0.1, 0.15) is 18.4 Å². The van der Waals surface area contributed by atoms with Crippen molar-refractivity contribution in [1.29, 1.82) is 0 Å². The molecule has 0 saturated carbocycles. The molecule has 1 aromatic rings. The lowest BCUT2D eigenvalue weighted by Crippen LogP contribution is -2.53. The highest BCUT2D eigenvalue weighted by molar-refractivity contribution is 6.32. The lowest BCUT2D eigenvalue weighted by molar-refractivity contribution is -0.128. The van der Waals surface area contributed by atoms with Gasteiger partial charge in [-0.3, -0.25) is 14.7 Å². The number of hydrogen-bond acceptors (Lipinski definition) is 7. The van der Waals surface area contributed by atoms with Gasteiger partial charge >= 0.3 is 0 Å². The van der Waals surface area contributed by atoms with Crippen LogP contribution in [0.3, 0.4) is 0 Å². The molecule has 1 aromatic carbocycles. The van der Waals surface area contributed by atoms with Crippen LogP contribution in [0.2, 0.25) is 5.02 Å². The van der Waals surface area contributed by atoms with Crippen LogP contribution in [-0.4, -0.2) is 79.6 Å². The van der Waals surface area contributed by atoms with Gasteiger partial charge in [-0.05, 0) is 57.9 Å². The standard InChI is InChI=1S/C22H29ClN6O2/c1-6-18(30)28-11-7-8-15(13-28)29-22(27(3)4)19(21(24)25-2)20(26-29)14-9-10-17(31-5)16(23)12-14/h6,9-10,12,15,22H,1-2,7-8,11,13,24H2,3-5H3/b21-19-/t15-,22?/m1/s1. The first-order chi connectivity index (χ1) is 14.8. The Morgan fingerprint density at radius 1 is 1.45 bits per heavy atom. The van der Waals surface area contributed by atoms with Gasteiger partial charge in [-0.15, -0.1) is 0 Å². The van der Waals surface area contributed by atoms with E-state index in [4.69, 9.17) is 27.2 Å². The number of halogens is 1. The lowest BCUT2D eigenvalue weighted by Gasteiger charge is -2.40. The maximum absolute atomic E-state index is 12.2. The summed E-state index contributed by atoms with van der Waals surface area (Å²) in [4.78, 5) is 20.1. The van der Waals surface area contributed by atoms with Gasteiger partial charge < -0.3 is 15.4 Å². The third-order valence-corrected chi connectivity index (χ3v) is 5.89. The van der Waals surface area contributed by atoms with E-state index in [9.17, 15) is 4.79 Å². The molecule has 1 unspecified atom stereocenters. The number of amides is 1. The minimum Gasteiger partial charge on any atom is -0.495 e. The van der Waals surface area contributed by atoms with Gasteiger partial charge in [0.25, 0.3) is 0 Å². The van der Waals surface area contributed by atoms with E-state index < -0.39 is 0 Å². The average molecular weight is 445 g/mol. The fraction of sp³-hybridized carbons (Fsp3) is 0.409. The van der Waals surface area contributed by atoms with Crippen molar-refractivity contribution in [2.24, 2.45) is 15.8 Å². The zero-order valence-electron chi connectivity index (χ0n) is 18.2. The summed E-state index contributed by atoms with van der Waals surface area (Å²) in [6, 6.07) is 5.52. The van der Waals surface area contributed by atoms with Crippen molar-refractivity contribution in [3.8, 4) is 5.75 Å². The molecule has 2 N–H and O–H groups in total. The van der Waals surface area contributed by atoms with E-state index in [0.717, 1.165) is 24.0 Å². The number of likely N-dealkylation sites (N-methyl/N-ethyl adjacent to an activating group) is 1. The largest absolute Gasteiger partial charge is 0.495 e. The molecule has 8 nitrogen and oxygen atoms in total. The van der Waals surface area contributed by atoms with Gasteiger partial charge in [-0.1, -0.05) is 18.2 Å². The first kappa shape index (κ1) is 22.8. The van der Waals surface area contributed by atoms with Crippen molar-refractivity contribution in [3.63, 3.8) is 0 Å².